The van der Waals surface area contributed by atoms with Crippen molar-refractivity contribution < 1.29 is 18.4 Å². The topological polar surface area (TPSA) is 72.7 Å². The largest absolute Gasteiger partial charge is 0.378 e. The molecule has 1 aromatic heterocycles. The maximum absolute atomic E-state index is 13.3. The fraction of sp³-hybridized carbons (Fsp3) is 0.556. The minimum atomic E-state index is -0.263. The Morgan fingerprint density at radius 3 is 2.69 bits per heavy atom. The average Bonchev–Trinajstić information content (AvgIpc) is 3.21. The minimum absolute atomic E-state index is 0.0165. The van der Waals surface area contributed by atoms with Gasteiger partial charge >= 0.3 is 0 Å². The summed E-state index contributed by atoms with van der Waals surface area (Å²) in [5, 5.41) is 7.33. The lowest BCUT2D eigenvalue weighted by Crippen LogP contribution is -2.31. The van der Waals surface area contributed by atoms with Gasteiger partial charge in [0.05, 0.1) is 19.3 Å². The van der Waals surface area contributed by atoms with Gasteiger partial charge in [0.25, 0.3) is 5.95 Å². The number of ether oxygens (including phenoxy) is 2. The maximum Gasteiger partial charge on any atom is 0.266 e. The van der Waals surface area contributed by atoms with Gasteiger partial charge in [0.1, 0.15) is 18.0 Å². The van der Waals surface area contributed by atoms with Gasteiger partial charge in [0.15, 0.2) is 0 Å². The first-order valence-electron chi connectivity index (χ1n) is 9.04. The van der Waals surface area contributed by atoms with Gasteiger partial charge in [-0.15, -0.1) is 0 Å². The van der Waals surface area contributed by atoms with Crippen LogP contribution in [-0.4, -0.2) is 54.7 Å². The summed E-state index contributed by atoms with van der Waals surface area (Å²) in [6.45, 7) is 4.41. The van der Waals surface area contributed by atoms with Crippen molar-refractivity contribution >= 4 is 11.6 Å². The normalized spacial score (nSPS) is 23.7. The summed E-state index contributed by atoms with van der Waals surface area (Å²) in [5.41, 5.74) is 0.728. The molecule has 7 nitrogen and oxygen atoms in total. The highest BCUT2D eigenvalue weighted by Crippen LogP contribution is 2.24. The van der Waals surface area contributed by atoms with Crippen molar-refractivity contribution in [1.29, 1.82) is 0 Å². The highest BCUT2D eigenvalue weighted by atomic mass is 19.1. The molecule has 0 bridgehead atoms. The predicted octanol–water partition coefficient (Wildman–Crippen LogP) is 2.25. The van der Waals surface area contributed by atoms with Crippen molar-refractivity contribution in [1.82, 2.24) is 10.1 Å². The van der Waals surface area contributed by atoms with Crippen LogP contribution in [0.5, 0.6) is 0 Å². The zero-order valence-electron chi connectivity index (χ0n) is 14.7. The third-order valence-corrected chi connectivity index (χ3v) is 4.64. The fourth-order valence-corrected chi connectivity index (χ4v) is 3.34. The minimum Gasteiger partial charge on any atom is -0.378 e. The molecule has 0 spiro atoms. The Hall–Kier alpha value is -2.19. The highest BCUT2D eigenvalue weighted by Gasteiger charge is 2.39. The van der Waals surface area contributed by atoms with Crippen LogP contribution < -0.4 is 10.2 Å². The van der Waals surface area contributed by atoms with Crippen molar-refractivity contribution in [2.45, 2.75) is 38.0 Å². The van der Waals surface area contributed by atoms with Gasteiger partial charge in [0.2, 0.25) is 5.89 Å². The molecule has 0 radical (unpaired) electrons. The third-order valence-electron chi connectivity index (χ3n) is 4.64. The Balaban J connectivity index is 1.33. The van der Waals surface area contributed by atoms with E-state index in [9.17, 15) is 4.39 Å². The Morgan fingerprint density at radius 1 is 1.23 bits per heavy atom. The van der Waals surface area contributed by atoms with E-state index in [0.29, 0.717) is 38.1 Å². The molecule has 2 aliphatic rings. The van der Waals surface area contributed by atoms with Gasteiger partial charge < -0.3 is 24.2 Å². The number of fused-ring (bicyclic) bond motifs is 1. The number of nitrogens with one attached hydrogen (secondary N) is 1. The molecule has 4 rings (SSSR count). The molecular weight excluding hydrogens is 339 g/mol. The number of aromatic nitrogens is 2. The number of anilines is 2. The molecule has 2 aliphatic heterocycles. The zero-order valence-corrected chi connectivity index (χ0v) is 14.7. The van der Waals surface area contributed by atoms with E-state index in [-0.39, 0.29) is 24.1 Å². The van der Waals surface area contributed by atoms with Crippen LogP contribution in [0.15, 0.2) is 28.8 Å². The second-order valence-corrected chi connectivity index (χ2v) is 6.74. The van der Waals surface area contributed by atoms with Gasteiger partial charge in [-0.05, 0) is 29.8 Å². The van der Waals surface area contributed by atoms with Crippen LogP contribution in [0.4, 0.5) is 16.0 Å². The monoisotopic (exact) mass is 362 g/mol. The number of benzene rings is 1. The van der Waals surface area contributed by atoms with Crippen LogP contribution in [0, 0.1) is 5.82 Å². The molecule has 1 aromatic carbocycles. The SMILES string of the molecule is CCCc1nc(N2C[C@@H]3OCC(Nc4cccc(F)c4)CO[C@H]3C2)no1. The first-order chi connectivity index (χ1) is 12.7. The van der Waals surface area contributed by atoms with Crippen LogP contribution in [0.2, 0.25) is 0 Å². The van der Waals surface area contributed by atoms with E-state index in [0.717, 1.165) is 18.5 Å². The molecule has 0 amide bonds. The van der Waals surface area contributed by atoms with Crippen molar-refractivity contribution in [3.8, 4) is 0 Å². The van der Waals surface area contributed by atoms with Crippen molar-refractivity contribution in [3.05, 3.63) is 36.0 Å². The lowest BCUT2D eigenvalue weighted by atomic mass is 10.2. The standard InChI is InChI=1S/C18H23FN4O3/c1-2-4-17-21-18(22-26-17)23-8-15-16(9-23)25-11-14(10-24-15)20-13-6-3-5-12(19)7-13/h3,5-7,14-16,20H,2,4,8-11H2,1H3/t15-,16-/m0/s1. The van der Waals surface area contributed by atoms with Gasteiger partial charge in [-0.3, -0.25) is 0 Å². The summed E-state index contributed by atoms with van der Waals surface area (Å²) in [6, 6.07) is 6.39. The molecule has 0 unspecified atom stereocenters. The summed E-state index contributed by atoms with van der Waals surface area (Å²) in [7, 11) is 0. The summed E-state index contributed by atoms with van der Waals surface area (Å²) >= 11 is 0. The van der Waals surface area contributed by atoms with Crippen LogP contribution >= 0.6 is 0 Å². The quantitative estimate of drug-likeness (QED) is 0.874. The van der Waals surface area contributed by atoms with E-state index in [1.54, 1.807) is 6.07 Å². The number of rotatable bonds is 5. The Labute approximate surface area is 151 Å². The first kappa shape index (κ1) is 17.2. The van der Waals surface area contributed by atoms with Gasteiger partial charge in [-0.1, -0.05) is 13.0 Å². The number of hydrogen-bond acceptors (Lipinski definition) is 7. The van der Waals surface area contributed by atoms with Crippen molar-refractivity contribution in [2.24, 2.45) is 0 Å². The molecule has 2 atom stereocenters. The second-order valence-electron chi connectivity index (χ2n) is 6.74. The number of hydrogen-bond donors (Lipinski definition) is 1. The van der Waals surface area contributed by atoms with Crippen LogP contribution in [0.1, 0.15) is 19.2 Å². The van der Waals surface area contributed by atoms with Crippen molar-refractivity contribution in [2.75, 3.05) is 36.5 Å². The summed E-state index contributed by atoms with van der Waals surface area (Å²) in [4.78, 5) is 6.47. The fourth-order valence-electron chi connectivity index (χ4n) is 3.34. The van der Waals surface area contributed by atoms with Gasteiger partial charge in [-0.2, -0.15) is 4.98 Å². The van der Waals surface area contributed by atoms with E-state index in [1.807, 2.05) is 11.0 Å². The molecule has 2 aromatic rings. The smallest absolute Gasteiger partial charge is 0.266 e. The van der Waals surface area contributed by atoms with Crippen LogP contribution in [-0.2, 0) is 15.9 Å². The molecular formula is C18H23FN4O3. The molecule has 8 heteroatoms. The van der Waals surface area contributed by atoms with E-state index in [1.165, 1.54) is 12.1 Å². The predicted molar refractivity (Wildman–Crippen MR) is 93.8 cm³/mol. The van der Waals surface area contributed by atoms with Gasteiger partial charge in [0, 0.05) is 25.2 Å². The van der Waals surface area contributed by atoms with E-state index in [4.69, 9.17) is 14.0 Å². The zero-order chi connectivity index (χ0) is 17.9. The molecule has 2 fully saturated rings. The summed E-state index contributed by atoms with van der Waals surface area (Å²) in [6.07, 6.45) is 1.68. The average molecular weight is 362 g/mol. The highest BCUT2D eigenvalue weighted by molar-refractivity contribution is 5.44. The maximum atomic E-state index is 13.3. The first-order valence-corrected chi connectivity index (χ1v) is 9.04. The van der Waals surface area contributed by atoms with Crippen LogP contribution in [0.3, 0.4) is 0 Å². The van der Waals surface area contributed by atoms with E-state index < -0.39 is 0 Å². The summed E-state index contributed by atoms with van der Waals surface area (Å²) < 4.78 is 30.7. The number of aryl methyl sites for hydroxylation is 1. The van der Waals surface area contributed by atoms with Crippen molar-refractivity contribution in [3.63, 3.8) is 0 Å². The molecule has 140 valence electrons. The summed E-state index contributed by atoms with van der Waals surface area (Å²) in [5.74, 6) is 1.000. The second kappa shape index (κ2) is 7.59. The molecule has 3 heterocycles. The number of halogens is 1. The Bertz CT molecular complexity index is 725. The van der Waals surface area contributed by atoms with E-state index in [2.05, 4.69) is 22.4 Å². The molecule has 1 N–H and O–H groups in total. The molecule has 0 aliphatic carbocycles. The third kappa shape index (κ3) is 3.81. The van der Waals surface area contributed by atoms with Gasteiger partial charge in [-0.25, -0.2) is 4.39 Å². The number of nitrogens with zero attached hydrogens (tertiary/aromatic N) is 3. The lowest BCUT2D eigenvalue weighted by Gasteiger charge is -2.19. The molecule has 26 heavy (non-hydrogen) atoms. The Morgan fingerprint density at radius 2 is 2.00 bits per heavy atom. The lowest BCUT2D eigenvalue weighted by molar-refractivity contribution is -0.00461. The molecule has 2 saturated heterocycles. The molecule has 0 saturated carbocycles. The Kier molecular flexibility index (Phi) is 5.03. The van der Waals surface area contributed by atoms with Crippen LogP contribution in [0.25, 0.3) is 0 Å². The van der Waals surface area contributed by atoms with E-state index >= 15 is 0 Å².